The minimum Gasteiger partial charge on any atom is -0.496 e. The zero-order valence-electron chi connectivity index (χ0n) is 18.5. The molecule has 3 amide bonds. The van der Waals surface area contributed by atoms with E-state index in [-0.39, 0.29) is 24.3 Å². The molecule has 178 valence electrons. The second-order valence-corrected chi connectivity index (χ2v) is 7.77. The van der Waals surface area contributed by atoms with E-state index in [9.17, 15) is 22.8 Å². The number of para-hydroxylation sites is 2. The molecule has 2 aromatic carbocycles. The molecule has 7 nitrogen and oxygen atoms in total. The number of nitrogens with one attached hydrogen (secondary N) is 2. The van der Waals surface area contributed by atoms with Crippen molar-refractivity contribution in [2.75, 3.05) is 45.2 Å². The minimum atomic E-state index is -4.55. The fraction of sp³-hybridized carbons (Fsp3) is 0.391. The van der Waals surface area contributed by atoms with E-state index < -0.39 is 17.6 Å². The van der Waals surface area contributed by atoms with Gasteiger partial charge in [0, 0.05) is 31.7 Å². The SMILES string of the molecule is COc1ccccc1C(C)NC(=O)N1CCN(CC(=O)Nc2ccccc2C(F)(F)F)CC1. The predicted octanol–water partition coefficient (Wildman–Crippen LogP) is 3.74. The number of benzene rings is 2. The number of carbonyl (C=O) groups is 2. The van der Waals surface area contributed by atoms with Gasteiger partial charge in [-0.05, 0) is 25.1 Å². The van der Waals surface area contributed by atoms with Gasteiger partial charge < -0.3 is 20.3 Å². The molecule has 3 rings (SSSR count). The number of anilines is 1. The third-order valence-electron chi connectivity index (χ3n) is 5.48. The molecule has 2 aromatic rings. The Morgan fingerprint density at radius 2 is 1.67 bits per heavy atom. The van der Waals surface area contributed by atoms with Crippen LogP contribution in [0, 0.1) is 0 Å². The van der Waals surface area contributed by atoms with E-state index in [0.717, 1.165) is 11.6 Å². The Morgan fingerprint density at radius 3 is 2.33 bits per heavy atom. The first-order chi connectivity index (χ1) is 15.7. The Kier molecular flexibility index (Phi) is 7.80. The van der Waals surface area contributed by atoms with Crippen LogP contribution in [-0.2, 0) is 11.0 Å². The molecule has 0 radical (unpaired) electrons. The van der Waals surface area contributed by atoms with E-state index in [1.807, 2.05) is 31.2 Å². The van der Waals surface area contributed by atoms with Crippen LogP contribution in [0.4, 0.5) is 23.7 Å². The van der Waals surface area contributed by atoms with Gasteiger partial charge in [-0.2, -0.15) is 13.2 Å². The molecular weight excluding hydrogens is 437 g/mol. The van der Waals surface area contributed by atoms with E-state index in [1.54, 1.807) is 16.9 Å². The number of methoxy groups -OCH3 is 1. The van der Waals surface area contributed by atoms with Crippen molar-refractivity contribution in [3.63, 3.8) is 0 Å². The van der Waals surface area contributed by atoms with Crippen molar-refractivity contribution >= 4 is 17.6 Å². The molecule has 1 aliphatic rings. The van der Waals surface area contributed by atoms with Gasteiger partial charge in [0.15, 0.2) is 0 Å². The molecule has 0 bridgehead atoms. The second-order valence-electron chi connectivity index (χ2n) is 7.77. The number of nitrogens with zero attached hydrogens (tertiary/aromatic N) is 2. The van der Waals surface area contributed by atoms with Crippen LogP contribution in [0.15, 0.2) is 48.5 Å². The molecule has 2 N–H and O–H groups in total. The number of alkyl halides is 3. The van der Waals surface area contributed by atoms with Gasteiger partial charge in [-0.25, -0.2) is 4.79 Å². The average molecular weight is 464 g/mol. The van der Waals surface area contributed by atoms with Crippen LogP contribution in [0.2, 0.25) is 0 Å². The number of piperazine rings is 1. The van der Waals surface area contributed by atoms with Crippen LogP contribution in [0.25, 0.3) is 0 Å². The first-order valence-electron chi connectivity index (χ1n) is 10.6. The summed E-state index contributed by atoms with van der Waals surface area (Å²) in [5.41, 5.74) is -0.287. The molecule has 1 saturated heterocycles. The van der Waals surface area contributed by atoms with E-state index in [2.05, 4.69) is 10.6 Å². The summed E-state index contributed by atoms with van der Waals surface area (Å²) in [4.78, 5) is 28.4. The summed E-state index contributed by atoms with van der Waals surface area (Å²) in [6.45, 7) is 3.48. The minimum absolute atomic E-state index is 0.0563. The summed E-state index contributed by atoms with van der Waals surface area (Å²) in [5.74, 6) is 0.155. The maximum absolute atomic E-state index is 13.1. The lowest BCUT2D eigenvalue weighted by atomic mass is 10.1. The molecule has 1 aliphatic heterocycles. The summed E-state index contributed by atoms with van der Waals surface area (Å²) in [7, 11) is 1.57. The zero-order chi connectivity index (χ0) is 24.0. The molecule has 0 saturated carbocycles. The fourth-order valence-corrected chi connectivity index (χ4v) is 3.72. The van der Waals surface area contributed by atoms with Gasteiger partial charge >= 0.3 is 12.2 Å². The maximum Gasteiger partial charge on any atom is 0.418 e. The molecule has 33 heavy (non-hydrogen) atoms. The Hall–Kier alpha value is -3.27. The third-order valence-corrected chi connectivity index (χ3v) is 5.48. The maximum atomic E-state index is 13.1. The van der Waals surface area contributed by atoms with E-state index >= 15 is 0 Å². The largest absolute Gasteiger partial charge is 0.496 e. The van der Waals surface area contributed by atoms with Crippen molar-refractivity contribution < 1.29 is 27.5 Å². The van der Waals surface area contributed by atoms with Crippen LogP contribution in [0.3, 0.4) is 0 Å². The lowest BCUT2D eigenvalue weighted by molar-refractivity contribution is -0.137. The number of urea groups is 1. The normalized spacial score (nSPS) is 15.6. The highest BCUT2D eigenvalue weighted by molar-refractivity contribution is 5.93. The van der Waals surface area contributed by atoms with Gasteiger partial charge in [0.05, 0.1) is 30.9 Å². The van der Waals surface area contributed by atoms with E-state index in [1.165, 1.54) is 18.2 Å². The van der Waals surface area contributed by atoms with Gasteiger partial charge in [-0.1, -0.05) is 30.3 Å². The predicted molar refractivity (Wildman–Crippen MR) is 118 cm³/mol. The van der Waals surface area contributed by atoms with Crippen molar-refractivity contribution in [2.24, 2.45) is 0 Å². The van der Waals surface area contributed by atoms with E-state index in [4.69, 9.17) is 4.74 Å². The fourth-order valence-electron chi connectivity index (χ4n) is 3.72. The van der Waals surface area contributed by atoms with Crippen LogP contribution in [0.1, 0.15) is 24.1 Å². The number of rotatable bonds is 6. The summed E-state index contributed by atoms with van der Waals surface area (Å²) in [6.07, 6.45) is -4.55. The number of ether oxygens (including phenoxy) is 1. The lowest BCUT2D eigenvalue weighted by Gasteiger charge is -2.35. The standard InChI is InChI=1S/C23H27F3N4O3/c1-16(17-7-3-6-10-20(17)33-2)27-22(32)30-13-11-29(12-14-30)15-21(31)28-19-9-5-4-8-18(19)23(24,25)26/h3-10,16H,11-15H2,1-2H3,(H,27,32)(H,28,31). The molecule has 0 aromatic heterocycles. The molecular formula is C23H27F3N4O3. The smallest absolute Gasteiger partial charge is 0.418 e. The zero-order valence-corrected chi connectivity index (χ0v) is 18.5. The van der Waals surface area contributed by atoms with E-state index in [0.29, 0.717) is 31.9 Å². The number of carbonyl (C=O) groups excluding carboxylic acids is 2. The number of amides is 3. The molecule has 0 spiro atoms. The van der Waals surface area contributed by atoms with Crippen LogP contribution < -0.4 is 15.4 Å². The van der Waals surface area contributed by atoms with Gasteiger partial charge in [-0.15, -0.1) is 0 Å². The number of hydrogen-bond acceptors (Lipinski definition) is 4. The summed E-state index contributed by atoms with van der Waals surface area (Å²) in [6, 6.07) is 11.8. The van der Waals surface area contributed by atoms with Crippen LogP contribution in [-0.4, -0.2) is 61.6 Å². The summed E-state index contributed by atoms with van der Waals surface area (Å²) >= 11 is 0. The molecule has 1 heterocycles. The highest BCUT2D eigenvalue weighted by Gasteiger charge is 2.33. The Balaban J connectivity index is 1.49. The topological polar surface area (TPSA) is 73.9 Å². The number of halogens is 3. The molecule has 1 unspecified atom stereocenters. The molecule has 1 atom stereocenters. The molecule has 1 fully saturated rings. The number of hydrogen-bond donors (Lipinski definition) is 2. The van der Waals surface area contributed by atoms with Gasteiger partial charge in [0.2, 0.25) is 5.91 Å². The van der Waals surface area contributed by atoms with Crippen molar-refractivity contribution in [1.29, 1.82) is 0 Å². The van der Waals surface area contributed by atoms with Gasteiger partial charge in [0.1, 0.15) is 5.75 Å². The highest BCUT2D eigenvalue weighted by Crippen LogP contribution is 2.34. The summed E-state index contributed by atoms with van der Waals surface area (Å²) < 4.78 is 44.7. The summed E-state index contributed by atoms with van der Waals surface area (Å²) in [5, 5.41) is 5.30. The van der Waals surface area contributed by atoms with Crippen LogP contribution in [0.5, 0.6) is 5.75 Å². The quantitative estimate of drug-likeness (QED) is 0.683. The average Bonchev–Trinajstić information content (AvgIpc) is 2.79. The van der Waals surface area contributed by atoms with Gasteiger partial charge in [0.25, 0.3) is 0 Å². The molecule has 10 heteroatoms. The highest BCUT2D eigenvalue weighted by atomic mass is 19.4. The second kappa shape index (κ2) is 10.6. The lowest BCUT2D eigenvalue weighted by Crippen LogP contribution is -2.53. The Bertz CT molecular complexity index is 975. The Morgan fingerprint density at radius 1 is 1.03 bits per heavy atom. The van der Waals surface area contributed by atoms with Crippen molar-refractivity contribution in [3.8, 4) is 5.75 Å². The first-order valence-corrected chi connectivity index (χ1v) is 10.6. The van der Waals surface area contributed by atoms with Crippen molar-refractivity contribution in [2.45, 2.75) is 19.1 Å². The van der Waals surface area contributed by atoms with Crippen molar-refractivity contribution in [1.82, 2.24) is 15.1 Å². The first kappa shape index (κ1) is 24.4. The third kappa shape index (κ3) is 6.38. The monoisotopic (exact) mass is 464 g/mol. The van der Waals surface area contributed by atoms with Crippen molar-refractivity contribution in [3.05, 3.63) is 59.7 Å². The molecule has 0 aliphatic carbocycles. The van der Waals surface area contributed by atoms with Gasteiger partial charge in [-0.3, -0.25) is 9.69 Å². The van der Waals surface area contributed by atoms with Crippen LogP contribution >= 0.6 is 0 Å². The Labute approximate surface area is 190 Å².